The lowest BCUT2D eigenvalue weighted by molar-refractivity contribution is -0.137. The number of hydrogen-bond acceptors (Lipinski definition) is 2. The SMILES string of the molecule is CCCCC[C@H](O)/C=C/C#CCCCCCCCCC(=O)O. The van der Waals surface area contributed by atoms with Crippen LogP contribution in [-0.2, 0) is 4.79 Å². The third-order valence-electron chi connectivity index (χ3n) is 3.55. The number of unbranched alkanes of at least 4 members (excludes halogenated alkanes) is 8. The Hall–Kier alpha value is -1.27. The summed E-state index contributed by atoms with van der Waals surface area (Å²) in [5.74, 6) is 5.38. The standard InChI is InChI=1S/C19H32O3/c1-2-3-12-15-18(20)16-13-10-8-6-4-5-7-9-11-14-17-19(21)22/h13,16,18,20H,2-7,9,11-12,14-15,17H2,1H3,(H,21,22)/b16-13+/t18-/m0/s1. The van der Waals surface area contributed by atoms with Gasteiger partial charge in [-0.1, -0.05) is 63.7 Å². The van der Waals surface area contributed by atoms with Crippen LogP contribution in [0.3, 0.4) is 0 Å². The molecule has 0 radical (unpaired) electrons. The highest BCUT2D eigenvalue weighted by atomic mass is 16.4. The summed E-state index contributed by atoms with van der Waals surface area (Å²) in [5, 5.41) is 18.2. The zero-order valence-electron chi connectivity index (χ0n) is 14.0. The third kappa shape index (κ3) is 16.8. The molecule has 0 aliphatic heterocycles. The van der Waals surface area contributed by atoms with Gasteiger partial charge in [-0.15, -0.1) is 0 Å². The van der Waals surface area contributed by atoms with Gasteiger partial charge in [0.25, 0.3) is 0 Å². The normalized spacial score (nSPS) is 12.1. The fourth-order valence-corrected chi connectivity index (χ4v) is 2.19. The lowest BCUT2D eigenvalue weighted by Crippen LogP contribution is -2.00. The van der Waals surface area contributed by atoms with Crippen LogP contribution in [0.5, 0.6) is 0 Å². The van der Waals surface area contributed by atoms with Gasteiger partial charge in [0.05, 0.1) is 6.10 Å². The van der Waals surface area contributed by atoms with E-state index < -0.39 is 5.97 Å². The zero-order valence-corrected chi connectivity index (χ0v) is 14.0. The van der Waals surface area contributed by atoms with E-state index >= 15 is 0 Å². The molecule has 0 amide bonds. The van der Waals surface area contributed by atoms with Gasteiger partial charge in [0.15, 0.2) is 0 Å². The monoisotopic (exact) mass is 308 g/mol. The number of aliphatic carboxylic acids is 1. The van der Waals surface area contributed by atoms with Crippen molar-refractivity contribution in [3.05, 3.63) is 12.2 Å². The average molecular weight is 308 g/mol. The molecule has 2 N–H and O–H groups in total. The van der Waals surface area contributed by atoms with Crippen molar-refractivity contribution in [1.29, 1.82) is 0 Å². The van der Waals surface area contributed by atoms with E-state index in [1.165, 1.54) is 12.8 Å². The second-order valence-corrected chi connectivity index (χ2v) is 5.76. The predicted molar refractivity (Wildman–Crippen MR) is 91.6 cm³/mol. The van der Waals surface area contributed by atoms with E-state index in [-0.39, 0.29) is 6.10 Å². The van der Waals surface area contributed by atoms with Crippen LogP contribution in [0.25, 0.3) is 0 Å². The first-order chi connectivity index (χ1) is 10.7. The average Bonchev–Trinajstić information content (AvgIpc) is 2.48. The second-order valence-electron chi connectivity index (χ2n) is 5.76. The molecule has 0 aromatic rings. The molecule has 0 unspecified atom stereocenters. The molecule has 0 spiro atoms. The van der Waals surface area contributed by atoms with Crippen molar-refractivity contribution in [3.63, 3.8) is 0 Å². The predicted octanol–water partition coefficient (Wildman–Crippen LogP) is 4.69. The van der Waals surface area contributed by atoms with Crippen molar-refractivity contribution in [1.82, 2.24) is 0 Å². The summed E-state index contributed by atoms with van der Waals surface area (Å²) in [5.41, 5.74) is 0. The molecule has 0 saturated heterocycles. The Balaban J connectivity index is 3.39. The van der Waals surface area contributed by atoms with Crippen molar-refractivity contribution in [2.75, 3.05) is 0 Å². The Morgan fingerprint density at radius 2 is 1.73 bits per heavy atom. The summed E-state index contributed by atoms with van der Waals surface area (Å²) in [7, 11) is 0. The van der Waals surface area contributed by atoms with Gasteiger partial charge in [-0.2, -0.15) is 0 Å². The van der Waals surface area contributed by atoms with Crippen molar-refractivity contribution in [3.8, 4) is 11.8 Å². The van der Waals surface area contributed by atoms with Crippen LogP contribution in [-0.4, -0.2) is 22.3 Å². The third-order valence-corrected chi connectivity index (χ3v) is 3.55. The number of allylic oxidation sites excluding steroid dienone is 1. The van der Waals surface area contributed by atoms with Crippen molar-refractivity contribution in [2.45, 2.75) is 90.1 Å². The molecule has 0 rings (SSSR count). The van der Waals surface area contributed by atoms with Gasteiger partial charge in [0.2, 0.25) is 0 Å². The largest absolute Gasteiger partial charge is 0.481 e. The maximum absolute atomic E-state index is 10.3. The molecule has 0 bridgehead atoms. The molecule has 0 aliphatic rings. The summed E-state index contributed by atoms with van der Waals surface area (Å²) >= 11 is 0. The Kier molecular flexibility index (Phi) is 15.2. The Labute approximate surface area is 135 Å². The fraction of sp³-hybridized carbons (Fsp3) is 0.737. The first-order valence-electron chi connectivity index (χ1n) is 8.71. The van der Waals surface area contributed by atoms with Crippen LogP contribution in [0.4, 0.5) is 0 Å². The van der Waals surface area contributed by atoms with E-state index in [1.807, 2.05) is 0 Å². The molecule has 3 heteroatoms. The van der Waals surface area contributed by atoms with Crippen LogP contribution < -0.4 is 0 Å². The summed E-state index contributed by atoms with van der Waals surface area (Å²) in [6, 6.07) is 0. The molecule has 0 aromatic heterocycles. The number of aliphatic hydroxyl groups is 1. The quantitative estimate of drug-likeness (QED) is 0.383. The van der Waals surface area contributed by atoms with Gasteiger partial charge in [0, 0.05) is 12.8 Å². The molecular formula is C19H32O3. The van der Waals surface area contributed by atoms with Crippen LogP contribution in [0.1, 0.15) is 84.0 Å². The number of carbonyl (C=O) groups is 1. The maximum atomic E-state index is 10.3. The molecule has 0 aliphatic carbocycles. The minimum absolute atomic E-state index is 0.294. The topological polar surface area (TPSA) is 57.5 Å². The van der Waals surface area contributed by atoms with Gasteiger partial charge in [0.1, 0.15) is 0 Å². The number of aliphatic hydroxyl groups excluding tert-OH is 1. The molecule has 0 saturated carbocycles. The molecule has 1 atom stereocenters. The van der Waals surface area contributed by atoms with Gasteiger partial charge in [-0.05, 0) is 31.4 Å². The Morgan fingerprint density at radius 3 is 2.41 bits per heavy atom. The summed E-state index contributed by atoms with van der Waals surface area (Å²) in [4.78, 5) is 10.3. The van der Waals surface area contributed by atoms with Gasteiger partial charge < -0.3 is 10.2 Å². The minimum Gasteiger partial charge on any atom is -0.481 e. The van der Waals surface area contributed by atoms with Crippen LogP contribution in [0, 0.1) is 11.8 Å². The van der Waals surface area contributed by atoms with Crippen LogP contribution in [0.2, 0.25) is 0 Å². The Morgan fingerprint density at radius 1 is 1.05 bits per heavy atom. The number of rotatable bonds is 13. The van der Waals surface area contributed by atoms with Crippen LogP contribution >= 0.6 is 0 Å². The molecule has 0 heterocycles. The lowest BCUT2D eigenvalue weighted by Gasteiger charge is -2.02. The number of carboxylic acids is 1. The molecule has 0 fully saturated rings. The zero-order chi connectivity index (χ0) is 16.5. The van der Waals surface area contributed by atoms with Gasteiger partial charge >= 0.3 is 5.97 Å². The van der Waals surface area contributed by atoms with E-state index in [0.717, 1.165) is 57.8 Å². The molecule has 0 aromatic carbocycles. The summed E-state index contributed by atoms with van der Waals surface area (Å²) < 4.78 is 0. The Bertz CT molecular complexity index is 349. The van der Waals surface area contributed by atoms with Crippen molar-refractivity contribution in [2.24, 2.45) is 0 Å². The van der Waals surface area contributed by atoms with E-state index in [9.17, 15) is 9.90 Å². The van der Waals surface area contributed by atoms with E-state index in [1.54, 1.807) is 12.2 Å². The highest BCUT2D eigenvalue weighted by Gasteiger charge is 1.97. The minimum atomic E-state index is -0.696. The molecule has 126 valence electrons. The van der Waals surface area contributed by atoms with Gasteiger partial charge in [-0.3, -0.25) is 4.79 Å². The second kappa shape index (κ2) is 16.1. The van der Waals surface area contributed by atoms with E-state index in [2.05, 4.69) is 18.8 Å². The highest BCUT2D eigenvalue weighted by molar-refractivity contribution is 5.66. The molecule has 22 heavy (non-hydrogen) atoms. The fourth-order valence-electron chi connectivity index (χ4n) is 2.19. The summed E-state index contributed by atoms with van der Waals surface area (Å²) in [6.45, 7) is 2.16. The van der Waals surface area contributed by atoms with Crippen LogP contribution in [0.15, 0.2) is 12.2 Å². The van der Waals surface area contributed by atoms with Gasteiger partial charge in [-0.25, -0.2) is 0 Å². The number of carboxylic acid groups (broad SMARTS) is 1. The van der Waals surface area contributed by atoms with Crippen molar-refractivity contribution < 1.29 is 15.0 Å². The highest BCUT2D eigenvalue weighted by Crippen LogP contribution is 2.08. The van der Waals surface area contributed by atoms with E-state index in [0.29, 0.717) is 6.42 Å². The van der Waals surface area contributed by atoms with Crippen molar-refractivity contribution >= 4 is 5.97 Å². The summed E-state index contributed by atoms with van der Waals surface area (Å²) in [6.07, 6.45) is 15.0. The molecular weight excluding hydrogens is 276 g/mol. The first-order valence-corrected chi connectivity index (χ1v) is 8.71. The van der Waals surface area contributed by atoms with E-state index in [4.69, 9.17) is 5.11 Å². The molecule has 3 nitrogen and oxygen atoms in total. The maximum Gasteiger partial charge on any atom is 0.303 e. The smallest absolute Gasteiger partial charge is 0.303 e. The first kappa shape index (κ1) is 20.7. The lowest BCUT2D eigenvalue weighted by atomic mass is 10.1. The number of hydrogen-bond donors (Lipinski definition) is 2.